The number of hydrogen-bond acceptors (Lipinski definition) is 5. The molecule has 1 saturated heterocycles. The van der Waals surface area contributed by atoms with Crippen LogP contribution in [0.4, 0.5) is 0 Å². The third kappa shape index (κ3) is 2.11. The molecule has 5 aliphatic rings. The number of carbonyl (C=O) groups excluding carboxylic acids is 1. The Morgan fingerprint density at radius 3 is 2.69 bits per heavy atom. The first-order chi connectivity index (χ1) is 13.7. The molecule has 6 heteroatoms. The Kier molecular flexibility index (Phi) is 4.35. The molecule has 0 amide bonds. The zero-order valence-electron chi connectivity index (χ0n) is 17.8. The van der Waals surface area contributed by atoms with Gasteiger partial charge in [-0.3, -0.25) is 0 Å². The maximum absolute atomic E-state index is 12.5. The van der Waals surface area contributed by atoms with Crippen LogP contribution in [0.3, 0.4) is 0 Å². The van der Waals surface area contributed by atoms with Crippen LogP contribution in [0.5, 0.6) is 0 Å². The monoisotopic (exact) mass is 424 g/mol. The molecule has 3 fully saturated rings. The van der Waals surface area contributed by atoms with Crippen molar-refractivity contribution in [2.45, 2.75) is 76.1 Å². The Bertz CT molecular complexity index is 779. The van der Waals surface area contributed by atoms with Gasteiger partial charge in [0.2, 0.25) is 0 Å². The Balaban J connectivity index is 1.68. The van der Waals surface area contributed by atoms with E-state index in [2.05, 4.69) is 27.7 Å². The van der Waals surface area contributed by atoms with Crippen LogP contribution < -0.4 is 0 Å². The number of hydrogen-bond donors (Lipinski definition) is 2. The minimum atomic E-state index is -1.12. The standard InChI is InChI=1S/C23H33ClO5/c1-5-12-8-15-14-10-28-20(26)13(14)6-7-21(15,4)23-19(29-23)18(24)17(11(2)3)16(9-25)22(12,23)27/h11-12,15-19,25,27H,5-10H2,1-4H3/t12-,15?,16?,17?,18+,19+,21+,22-,23-/m1/s1. The lowest BCUT2D eigenvalue weighted by Crippen LogP contribution is -2.74. The Hall–Kier alpha value is -0.620. The summed E-state index contributed by atoms with van der Waals surface area (Å²) in [7, 11) is 0. The molecule has 0 aromatic rings. The molecule has 2 saturated carbocycles. The van der Waals surface area contributed by atoms with E-state index < -0.39 is 11.2 Å². The van der Waals surface area contributed by atoms with E-state index in [-0.39, 0.29) is 59.1 Å². The van der Waals surface area contributed by atoms with Crippen molar-refractivity contribution in [3.63, 3.8) is 0 Å². The minimum Gasteiger partial charge on any atom is -0.458 e. The summed E-state index contributed by atoms with van der Waals surface area (Å²) >= 11 is 7.00. The number of epoxide rings is 1. The summed E-state index contributed by atoms with van der Waals surface area (Å²) in [6.07, 6.45) is 2.81. The molecule has 0 aromatic heterocycles. The SMILES string of the molecule is CC[C@@H]1CC2C3=C(CC[C@]2(C)[C@]24O[C@H]2[C@@H](Cl)C(C(C)C)C(CO)[C@]14O)C(=O)OC3. The smallest absolute Gasteiger partial charge is 0.334 e. The van der Waals surface area contributed by atoms with Gasteiger partial charge in [0.05, 0.1) is 5.38 Å². The molecular weight excluding hydrogens is 392 g/mol. The van der Waals surface area contributed by atoms with Crippen molar-refractivity contribution in [2.24, 2.45) is 35.0 Å². The van der Waals surface area contributed by atoms with Gasteiger partial charge >= 0.3 is 5.97 Å². The number of alkyl halides is 1. The summed E-state index contributed by atoms with van der Waals surface area (Å²) in [5.41, 5.74) is -0.246. The van der Waals surface area contributed by atoms with Gasteiger partial charge in [0, 0.05) is 23.5 Å². The first kappa shape index (κ1) is 20.3. The first-order valence-corrected chi connectivity index (χ1v) is 11.7. The van der Waals surface area contributed by atoms with Crippen molar-refractivity contribution in [1.82, 2.24) is 0 Å². The zero-order valence-corrected chi connectivity index (χ0v) is 18.5. The van der Waals surface area contributed by atoms with Gasteiger partial charge in [-0.1, -0.05) is 34.1 Å². The van der Waals surface area contributed by atoms with Crippen LogP contribution >= 0.6 is 11.6 Å². The number of carbonyl (C=O) groups is 1. The fourth-order valence-electron chi connectivity index (χ4n) is 8.14. The summed E-state index contributed by atoms with van der Waals surface area (Å²) in [4.78, 5) is 12.2. The molecule has 29 heavy (non-hydrogen) atoms. The summed E-state index contributed by atoms with van der Waals surface area (Å²) in [6.45, 7) is 8.84. The van der Waals surface area contributed by atoms with Crippen molar-refractivity contribution in [3.05, 3.63) is 11.1 Å². The summed E-state index contributed by atoms with van der Waals surface area (Å²) in [5.74, 6) is -0.124. The highest BCUT2D eigenvalue weighted by Crippen LogP contribution is 2.76. The molecule has 3 aliphatic carbocycles. The summed E-state index contributed by atoms with van der Waals surface area (Å²) < 4.78 is 11.9. The van der Waals surface area contributed by atoms with Gasteiger partial charge in [0.25, 0.3) is 0 Å². The molecular formula is C23H33ClO5. The highest BCUT2D eigenvalue weighted by molar-refractivity contribution is 6.21. The molecule has 2 aliphatic heterocycles. The van der Waals surface area contributed by atoms with E-state index in [1.165, 1.54) is 0 Å². The van der Waals surface area contributed by atoms with Gasteiger partial charge in [-0.05, 0) is 48.5 Å². The van der Waals surface area contributed by atoms with Crippen molar-refractivity contribution in [2.75, 3.05) is 13.2 Å². The van der Waals surface area contributed by atoms with Crippen molar-refractivity contribution in [1.29, 1.82) is 0 Å². The second kappa shape index (κ2) is 6.21. The van der Waals surface area contributed by atoms with E-state index in [4.69, 9.17) is 21.1 Å². The number of aliphatic hydroxyl groups excluding tert-OH is 1. The average Bonchev–Trinajstić information content (AvgIpc) is 3.36. The number of esters is 1. The van der Waals surface area contributed by atoms with Crippen LogP contribution in [-0.2, 0) is 14.3 Å². The zero-order chi connectivity index (χ0) is 20.9. The van der Waals surface area contributed by atoms with Gasteiger partial charge in [-0.2, -0.15) is 0 Å². The molecule has 162 valence electrons. The summed E-state index contributed by atoms with van der Waals surface area (Å²) in [5, 5.41) is 22.7. The number of aliphatic hydroxyl groups is 2. The second-order valence-electron chi connectivity index (χ2n) is 10.5. The number of ether oxygens (including phenoxy) is 2. The van der Waals surface area contributed by atoms with E-state index in [0.29, 0.717) is 13.0 Å². The highest BCUT2D eigenvalue weighted by Gasteiger charge is 2.87. The Morgan fingerprint density at radius 1 is 1.34 bits per heavy atom. The van der Waals surface area contributed by atoms with E-state index in [1.54, 1.807) is 0 Å². The van der Waals surface area contributed by atoms with Crippen LogP contribution in [0.25, 0.3) is 0 Å². The predicted octanol–water partition coefficient (Wildman–Crippen LogP) is 3.06. The number of fused-ring (bicyclic) bond motifs is 2. The highest BCUT2D eigenvalue weighted by atomic mass is 35.5. The third-order valence-electron chi connectivity index (χ3n) is 9.47. The van der Waals surface area contributed by atoms with Crippen molar-refractivity contribution in [3.8, 4) is 0 Å². The first-order valence-electron chi connectivity index (χ1n) is 11.2. The number of rotatable bonds is 3. The fraction of sp³-hybridized carbons (Fsp3) is 0.870. The largest absolute Gasteiger partial charge is 0.458 e. The molecule has 0 aromatic carbocycles. The average molecular weight is 425 g/mol. The van der Waals surface area contributed by atoms with Crippen LogP contribution in [0.15, 0.2) is 11.1 Å². The summed E-state index contributed by atoms with van der Waals surface area (Å²) in [6, 6.07) is 0. The molecule has 2 heterocycles. The predicted molar refractivity (Wildman–Crippen MR) is 108 cm³/mol. The Morgan fingerprint density at radius 2 is 2.07 bits per heavy atom. The maximum atomic E-state index is 12.5. The number of halogens is 1. The minimum absolute atomic E-state index is 0.00347. The van der Waals surface area contributed by atoms with Crippen LogP contribution in [0.2, 0.25) is 0 Å². The van der Waals surface area contributed by atoms with Gasteiger partial charge in [-0.15, -0.1) is 11.6 Å². The van der Waals surface area contributed by atoms with E-state index in [9.17, 15) is 15.0 Å². The van der Waals surface area contributed by atoms with Crippen molar-refractivity contribution >= 4 is 17.6 Å². The van der Waals surface area contributed by atoms with E-state index >= 15 is 0 Å². The molecule has 3 unspecified atom stereocenters. The Labute approximate surface area is 177 Å². The molecule has 9 atom stereocenters. The topological polar surface area (TPSA) is 79.3 Å². The van der Waals surface area contributed by atoms with Gasteiger partial charge < -0.3 is 19.7 Å². The molecule has 2 N–H and O–H groups in total. The normalized spacial score (nSPS) is 53.2. The lowest BCUT2D eigenvalue weighted by Gasteiger charge is -2.64. The van der Waals surface area contributed by atoms with Gasteiger partial charge in [0.15, 0.2) is 0 Å². The van der Waals surface area contributed by atoms with Crippen molar-refractivity contribution < 1.29 is 24.5 Å². The van der Waals surface area contributed by atoms with Crippen LogP contribution in [0.1, 0.15) is 53.4 Å². The lowest BCUT2D eigenvalue weighted by molar-refractivity contribution is -0.233. The maximum Gasteiger partial charge on any atom is 0.334 e. The van der Waals surface area contributed by atoms with Gasteiger partial charge in [0.1, 0.15) is 23.9 Å². The fourth-order valence-corrected chi connectivity index (χ4v) is 8.84. The quantitative estimate of drug-likeness (QED) is 0.413. The molecule has 5 nitrogen and oxygen atoms in total. The molecule has 0 bridgehead atoms. The van der Waals surface area contributed by atoms with E-state index in [1.807, 2.05) is 0 Å². The van der Waals surface area contributed by atoms with Gasteiger partial charge in [-0.25, -0.2) is 4.79 Å². The van der Waals surface area contributed by atoms with Crippen LogP contribution in [0, 0.1) is 35.0 Å². The third-order valence-corrected chi connectivity index (χ3v) is 9.99. The molecule has 0 radical (unpaired) electrons. The van der Waals surface area contributed by atoms with E-state index in [0.717, 1.165) is 30.4 Å². The molecule has 1 spiro atoms. The second-order valence-corrected chi connectivity index (χ2v) is 11.0. The van der Waals surface area contributed by atoms with Crippen LogP contribution in [-0.4, -0.2) is 52.1 Å². The lowest BCUT2D eigenvalue weighted by atomic mass is 9.41. The molecule has 5 rings (SSSR count). The number of cyclic esters (lactones) is 1.